The Hall–Kier alpha value is -2.58. The normalized spacial score (nSPS) is 37.4. The number of fused-ring (bicyclic) bond motifs is 6. The molecule has 0 aliphatic heterocycles. The van der Waals surface area contributed by atoms with Gasteiger partial charge in [-0.1, -0.05) is 50.7 Å². The minimum absolute atomic E-state index is 0.0166. The van der Waals surface area contributed by atoms with E-state index in [0.717, 1.165) is 42.7 Å². The van der Waals surface area contributed by atoms with Gasteiger partial charge in [0.1, 0.15) is 11.8 Å². The van der Waals surface area contributed by atoms with E-state index in [1.165, 1.54) is 77.0 Å². The Morgan fingerprint density at radius 3 is 1.90 bits per heavy atom. The molecular weight excluding hydrogens is 482 g/mol. The van der Waals surface area contributed by atoms with E-state index in [4.69, 9.17) is 5.26 Å². The molecule has 5 heteroatoms. The minimum Gasteiger partial charge on any atom is -0.386 e. The highest BCUT2D eigenvalue weighted by Gasteiger charge is 2.53. The van der Waals surface area contributed by atoms with Gasteiger partial charge in [-0.05, 0) is 99.8 Å². The van der Waals surface area contributed by atoms with E-state index in [2.05, 4.69) is 16.0 Å². The molecule has 9 aliphatic carbocycles. The van der Waals surface area contributed by atoms with Crippen LogP contribution in [0.2, 0.25) is 0 Å². The van der Waals surface area contributed by atoms with Gasteiger partial charge >= 0.3 is 0 Å². The second-order valence-electron chi connectivity index (χ2n) is 13.7. The average molecular weight is 526 g/mol. The molecule has 2 aromatic heterocycles. The molecule has 9 aliphatic rings. The summed E-state index contributed by atoms with van der Waals surface area (Å²) in [5.41, 5.74) is 1.85. The standard InChI is InChI=1S/C13H17NO.C13H15NO.C8H11N/c2*15-12(11-5-1-2-7-14-11)13-6-3-4-10(8-13)9-13;9-6-8-3-1-2-7(4-8)5-8/h1-2,5,7,10,12,15H,3-4,6,8-9H2;1-2,5,7,10H,3-4,6,8-9H2;7H,1-5H2. The molecule has 206 valence electrons. The zero-order valence-corrected chi connectivity index (χ0v) is 23.2. The molecule has 0 radical (unpaired) electrons. The third-order valence-corrected chi connectivity index (χ3v) is 11.1. The summed E-state index contributed by atoms with van der Waals surface area (Å²) in [6, 6.07) is 13.9. The summed E-state index contributed by atoms with van der Waals surface area (Å²) in [5, 5.41) is 19.1. The molecule has 0 amide bonds. The van der Waals surface area contributed by atoms with E-state index in [9.17, 15) is 9.90 Å². The van der Waals surface area contributed by atoms with E-state index < -0.39 is 0 Å². The van der Waals surface area contributed by atoms with Crippen molar-refractivity contribution in [3.8, 4) is 6.07 Å². The molecule has 9 fully saturated rings. The molecule has 11 rings (SSSR count). The molecular formula is C34H43N3O2. The first-order valence-corrected chi connectivity index (χ1v) is 15.4. The number of aliphatic hydroxyl groups is 1. The number of aliphatic hydroxyl groups excluding tert-OH is 1. The molecule has 0 saturated heterocycles. The fourth-order valence-electron chi connectivity index (χ4n) is 9.03. The van der Waals surface area contributed by atoms with Crippen LogP contribution in [-0.2, 0) is 0 Å². The van der Waals surface area contributed by atoms with Gasteiger partial charge in [-0.15, -0.1) is 0 Å². The fraction of sp³-hybridized carbons (Fsp3) is 0.647. The third kappa shape index (κ3) is 5.18. The molecule has 6 bridgehead atoms. The largest absolute Gasteiger partial charge is 0.386 e. The maximum absolute atomic E-state index is 12.3. The van der Waals surface area contributed by atoms with E-state index in [1.54, 1.807) is 12.4 Å². The number of ketones is 1. The molecule has 39 heavy (non-hydrogen) atoms. The van der Waals surface area contributed by atoms with Crippen LogP contribution in [0.25, 0.3) is 0 Å². The van der Waals surface area contributed by atoms with Gasteiger partial charge in [0.25, 0.3) is 0 Å². The number of aromatic nitrogens is 2. The molecule has 9 saturated carbocycles. The number of pyridine rings is 2. The van der Waals surface area contributed by atoms with Crippen molar-refractivity contribution in [2.75, 3.05) is 0 Å². The first kappa shape index (κ1) is 26.6. The van der Waals surface area contributed by atoms with Gasteiger partial charge in [0.15, 0.2) is 5.78 Å². The lowest BCUT2D eigenvalue weighted by atomic mass is 9.51. The lowest BCUT2D eigenvalue weighted by Gasteiger charge is -2.54. The Bertz CT molecular complexity index is 1160. The van der Waals surface area contributed by atoms with E-state index in [1.807, 2.05) is 36.4 Å². The molecule has 1 unspecified atom stereocenters. The van der Waals surface area contributed by atoms with Crippen LogP contribution < -0.4 is 0 Å². The summed E-state index contributed by atoms with van der Waals surface area (Å²) in [4.78, 5) is 20.7. The molecule has 1 atom stereocenters. The summed E-state index contributed by atoms with van der Waals surface area (Å²) < 4.78 is 0. The number of rotatable bonds is 4. The molecule has 0 aromatic carbocycles. The van der Waals surface area contributed by atoms with Crippen molar-refractivity contribution < 1.29 is 9.90 Å². The van der Waals surface area contributed by atoms with Crippen molar-refractivity contribution in [3.05, 3.63) is 60.2 Å². The first-order valence-electron chi connectivity index (χ1n) is 15.4. The van der Waals surface area contributed by atoms with Crippen LogP contribution in [0.3, 0.4) is 0 Å². The van der Waals surface area contributed by atoms with Gasteiger partial charge in [0.2, 0.25) is 0 Å². The Kier molecular flexibility index (Phi) is 7.35. The van der Waals surface area contributed by atoms with Crippen molar-refractivity contribution in [1.29, 1.82) is 5.26 Å². The molecule has 0 spiro atoms. The number of hydrogen-bond acceptors (Lipinski definition) is 5. The Morgan fingerprint density at radius 2 is 1.44 bits per heavy atom. The quantitative estimate of drug-likeness (QED) is 0.415. The van der Waals surface area contributed by atoms with Gasteiger partial charge in [0, 0.05) is 23.2 Å². The molecule has 2 aromatic rings. The summed E-state index contributed by atoms with van der Waals surface area (Å²) in [6.07, 6.45) is 21.6. The lowest BCUT2D eigenvalue weighted by molar-refractivity contribution is -0.108. The minimum atomic E-state index is -0.338. The Balaban J connectivity index is 0.000000110. The van der Waals surface area contributed by atoms with Gasteiger partial charge in [-0.2, -0.15) is 5.26 Å². The zero-order chi connectivity index (χ0) is 26.9. The molecule has 5 nitrogen and oxygen atoms in total. The number of nitriles is 1. The van der Waals surface area contributed by atoms with Crippen molar-refractivity contribution in [2.45, 2.75) is 102 Å². The van der Waals surface area contributed by atoms with Crippen LogP contribution in [-0.4, -0.2) is 20.9 Å². The fourth-order valence-corrected chi connectivity index (χ4v) is 9.03. The van der Waals surface area contributed by atoms with Gasteiger partial charge in [0.05, 0.1) is 17.2 Å². The summed E-state index contributed by atoms with van der Waals surface area (Å²) >= 11 is 0. The van der Waals surface area contributed by atoms with E-state index in [-0.39, 0.29) is 22.3 Å². The van der Waals surface area contributed by atoms with Crippen LogP contribution in [0, 0.1) is 45.3 Å². The Morgan fingerprint density at radius 1 is 0.821 bits per heavy atom. The van der Waals surface area contributed by atoms with Crippen LogP contribution in [0.5, 0.6) is 0 Å². The van der Waals surface area contributed by atoms with Crippen LogP contribution >= 0.6 is 0 Å². The zero-order valence-electron chi connectivity index (χ0n) is 23.2. The van der Waals surface area contributed by atoms with E-state index >= 15 is 0 Å². The SMILES string of the molecule is N#CC12CCCC(C1)C2.O=C(c1ccccn1)C12CCCC(C1)C2.OC(c1ccccn1)C12CCCC(C1)C2. The van der Waals surface area contributed by atoms with Gasteiger partial charge in [-0.3, -0.25) is 14.8 Å². The van der Waals surface area contributed by atoms with Crippen molar-refractivity contribution >= 4 is 5.78 Å². The predicted octanol–water partition coefficient (Wildman–Crippen LogP) is 7.63. The Labute approximate surface area is 233 Å². The highest BCUT2D eigenvalue weighted by Crippen LogP contribution is 2.61. The number of Topliss-reactive ketones (excluding diaryl/α,β-unsaturated/α-hetero) is 1. The number of nitrogens with zero attached hydrogens (tertiary/aromatic N) is 3. The highest BCUT2D eigenvalue weighted by atomic mass is 16.3. The second kappa shape index (κ2) is 10.8. The highest BCUT2D eigenvalue weighted by molar-refractivity contribution is 5.99. The van der Waals surface area contributed by atoms with Crippen LogP contribution in [0.15, 0.2) is 48.8 Å². The molecule has 1 N–H and O–H groups in total. The summed E-state index contributed by atoms with van der Waals surface area (Å²) in [5.74, 6) is 2.93. The van der Waals surface area contributed by atoms with Crippen molar-refractivity contribution in [3.63, 3.8) is 0 Å². The molecule has 2 heterocycles. The number of carbonyl (C=O) groups excluding carboxylic acids is 1. The maximum atomic E-state index is 12.3. The number of carbonyl (C=O) groups is 1. The van der Waals surface area contributed by atoms with Gasteiger partial charge in [-0.25, -0.2) is 0 Å². The smallest absolute Gasteiger partial charge is 0.187 e. The predicted molar refractivity (Wildman–Crippen MR) is 150 cm³/mol. The second-order valence-corrected chi connectivity index (χ2v) is 13.7. The monoisotopic (exact) mass is 525 g/mol. The number of hydrogen-bond donors (Lipinski definition) is 1. The summed E-state index contributed by atoms with van der Waals surface area (Å²) in [6.45, 7) is 0. The first-order chi connectivity index (χ1) is 18.9. The van der Waals surface area contributed by atoms with E-state index in [0.29, 0.717) is 11.5 Å². The summed E-state index contributed by atoms with van der Waals surface area (Å²) in [7, 11) is 0. The van der Waals surface area contributed by atoms with Crippen LogP contribution in [0.4, 0.5) is 0 Å². The van der Waals surface area contributed by atoms with Crippen molar-refractivity contribution in [2.24, 2.45) is 34.0 Å². The van der Waals surface area contributed by atoms with Crippen LogP contribution in [0.1, 0.15) is 119 Å². The van der Waals surface area contributed by atoms with Gasteiger partial charge < -0.3 is 5.11 Å². The third-order valence-electron chi connectivity index (χ3n) is 11.1. The lowest BCUT2D eigenvalue weighted by Crippen LogP contribution is -2.47. The maximum Gasteiger partial charge on any atom is 0.187 e. The average Bonchev–Trinajstić information content (AvgIpc) is 2.97. The topological polar surface area (TPSA) is 86.9 Å². The van der Waals surface area contributed by atoms with Crippen molar-refractivity contribution in [1.82, 2.24) is 9.97 Å².